The van der Waals surface area contributed by atoms with Crippen LogP contribution >= 0.6 is 0 Å². The molecule has 2 fully saturated rings. The van der Waals surface area contributed by atoms with Crippen LogP contribution in [-0.2, 0) is 22.1 Å². The summed E-state index contributed by atoms with van der Waals surface area (Å²) < 4.78 is 27.6. The first-order valence-electron chi connectivity index (χ1n) is 10.3. The summed E-state index contributed by atoms with van der Waals surface area (Å²) in [6, 6.07) is 4.12. The first kappa shape index (κ1) is 21.2. The molecular formula is C20H29N5O4S. The molecule has 1 saturated carbocycles. The van der Waals surface area contributed by atoms with Gasteiger partial charge in [0.15, 0.2) is 5.82 Å². The summed E-state index contributed by atoms with van der Waals surface area (Å²) in [5.41, 5.74) is 6.48. The summed E-state index contributed by atoms with van der Waals surface area (Å²) in [5, 5.41) is 3.94. The standard InChI is InChI=1S/C20H29N5O4S/c1-27-13-17-23-19(29-24-17)25-8-5-14(6-9-25)16-11-20(16,21)7-10-28-18-4-3-15(12-22-18)30(2)26/h3-4,12,14,16H,5-11,13,21H2,1-2H3. The molecule has 10 heteroatoms. The lowest BCUT2D eigenvalue weighted by molar-refractivity contribution is 0.174. The Morgan fingerprint density at radius 1 is 1.37 bits per heavy atom. The van der Waals surface area contributed by atoms with Gasteiger partial charge in [-0.2, -0.15) is 4.98 Å². The Labute approximate surface area is 178 Å². The fourth-order valence-electron chi connectivity index (χ4n) is 4.30. The smallest absolute Gasteiger partial charge is 0.324 e. The number of aromatic nitrogens is 3. The maximum Gasteiger partial charge on any atom is 0.324 e. The number of methoxy groups -OCH3 is 1. The molecule has 0 amide bonds. The molecular weight excluding hydrogens is 406 g/mol. The van der Waals surface area contributed by atoms with Crippen LogP contribution in [0.3, 0.4) is 0 Å². The van der Waals surface area contributed by atoms with Gasteiger partial charge < -0.3 is 24.6 Å². The van der Waals surface area contributed by atoms with Crippen LogP contribution in [0.1, 0.15) is 31.5 Å². The number of hydrogen-bond acceptors (Lipinski definition) is 9. The van der Waals surface area contributed by atoms with Gasteiger partial charge in [0.2, 0.25) is 5.88 Å². The van der Waals surface area contributed by atoms with Crippen molar-refractivity contribution in [2.75, 3.05) is 38.0 Å². The molecule has 0 spiro atoms. The van der Waals surface area contributed by atoms with E-state index in [1.807, 2.05) is 0 Å². The Kier molecular flexibility index (Phi) is 6.35. The molecule has 0 bridgehead atoms. The van der Waals surface area contributed by atoms with Crippen molar-refractivity contribution in [1.82, 2.24) is 15.1 Å². The van der Waals surface area contributed by atoms with Gasteiger partial charge in [-0.15, -0.1) is 0 Å². The van der Waals surface area contributed by atoms with Crippen LogP contribution in [0, 0.1) is 11.8 Å². The van der Waals surface area contributed by atoms with Crippen molar-refractivity contribution in [3.05, 3.63) is 24.2 Å². The molecule has 2 N–H and O–H groups in total. The van der Waals surface area contributed by atoms with Crippen molar-refractivity contribution in [2.45, 2.75) is 42.7 Å². The van der Waals surface area contributed by atoms with E-state index in [1.165, 1.54) is 0 Å². The van der Waals surface area contributed by atoms with Crippen molar-refractivity contribution < 1.29 is 18.2 Å². The summed E-state index contributed by atoms with van der Waals surface area (Å²) in [6.07, 6.45) is 7.23. The molecule has 0 aromatic carbocycles. The number of pyridine rings is 1. The number of piperidine rings is 1. The number of nitrogens with zero attached hydrogens (tertiary/aromatic N) is 4. The quantitative estimate of drug-likeness (QED) is 0.628. The second kappa shape index (κ2) is 8.99. The minimum atomic E-state index is -1.03. The maximum absolute atomic E-state index is 11.4. The highest BCUT2D eigenvalue weighted by Crippen LogP contribution is 2.51. The molecule has 3 atom stereocenters. The van der Waals surface area contributed by atoms with Gasteiger partial charge in [0.1, 0.15) is 6.61 Å². The van der Waals surface area contributed by atoms with Gasteiger partial charge in [-0.05, 0) is 43.6 Å². The monoisotopic (exact) mass is 435 g/mol. The molecule has 1 aliphatic heterocycles. The van der Waals surface area contributed by atoms with E-state index in [9.17, 15) is 4.21 Å². The molecule has 0 radical (unpaired) electrons. The van der Waals surface area contributed by atoms with E-state index in [2.05, 4.69) is 20.0 Å². The summed E-state index contributed by atoms with van der Waals surface area (Å²) in [4.78, 5) is 11.4. The minimum Gasteiger partial charge on any atom is -0.478 e. The third-order valence-electron chi connectivity index (χ3n) is 6.15. The van der Waals surface area contributed by atoms with Gasteiger partial charge in [-0.3, -0.25) is 4.21 Å². The van der Waals surface area contributed by atoms with Crippen molar-refractivity contribution in [2.24, 2.45) is 17.6 Å². The molecule has 9 nitrogen and oxygen atoms in total. The Morgan fingerprint density at radius 3 is 2.83 bits per heavy atom. The highest BCUT2D eigenvalue weighted by molar-refractivity contribution is 7.84. The van der Waals surface area contributed by atoms with Crippen LogP contribution in [0.5, 0.6) is 5.88 Å². The number of nitrogens with two attached hydrogens (primary N) is 1. The van der Waals surface area contributed by atoms with Gasteiger partial charge in [0, 0.05) is 44.3 Å². The van der Waals surface area contributed by atoms with Crippen LogP contribution in [0.2, 0.25) is 0 Å². The first-order chi connectivity index (χ1) is 14.5. The summed E-state index contributed by atoms with van der Waals surface area (Å²) in [6.45, 7) is 2.70. The maximum atomic E-state index is 11.4. The predicted molar refractivity (Wildman–Crippen MR) is 112 cm³/mol. The van der Waals surface area contributed by atoms with E-state index < -0.39 is 10.8 Å². The highest BCUT2D eigenvalue weighted by Gasteiger charge is 2.54. The highest BCUT2D eigenvalue weighted by atomic mass is 32.2. The third-order valence-corrected chi connectivity index (χ3v) is 7.05. The van der Waals surface area contributed by atoms with Crippen molar-refractivity contribution >= 4 is 16.8 Å². The van der Waals surface area contributed by atoms with Gasteiger partial charge in [-0.25, -0.2) is 4.98 Å². The van der Waals surface area contributed by atoms with Crippen LogP contribution in [-0.4, -0.2) is 57.9 Å². The average molecular weight is 436 g/mol. The van der Waals surface area contributed by atoms with Crippen molar-refractivity contribution in [1.29, 1.82) is 0 Å². The molecule has 2 aliphatic rings. The lowest BCUT2D eigenvalue weighted by Crippen LogP contribution is -2.37. The lowest BCUT2D eigenvalue weighted by Gasteiger charge is -2.31. The van der Waals surface area contributed by atoms with Crippen LogP contribution < -0.4 is 15.4 Å². The number of ether oxygens (including phenoxy) is 2. The Balaban J connectivity index is 1.20. The van der Waals surface area contributed by atoms with Gasteiger partial charge >= 0.3 is 6.01 Å². The molecule has 3 unspecified atom stereocenters. The molecule has 164 valence electrons. The third kappa shape index (κ3) is 4.81. The number of hydrogen-bond donors (Lipinski definition) is 1. The zero-order valence-electron chi connectivity index (χ0n) is 17.5. The second-order valence-corrected chi connectivity index (χ2v) is 9.56. The van der Waals surface area contributed by atoms with E-state index >= 15 is 0 Å². The molecule has 2 aromatic rings. The number of rotatable bonds is 9. The zero-order valence-corrected chi connectivity index (χ0v) is 18.3. The summed E-state index contributed by atoms with van der Waals surface area (Å²) in [5.74, 6) is 2.27. The van der Waals surface area contributed by atoms with Crippen LogP contribution in [0.15, 0.2) is 27.7 Å². The molecule has 3 heterocycles. The Bertz CT molecular complexity index is 868. The van der Waals surface area contributed by atoms with E-state index in [0.29, 0.717) is 47.7 Å². The van der Waals surface area contributed by atoms with E-state index in [0.717, 1.165) is 38.8 Å². The fraction of sp³-hybridized carbons (Fsp3) is 0.650. The van der Waals surface area contributed by atoms with Crippen LogP contribution in [0.25, 0.3) is 0 Å². The van der Waals surface area contributed by atoms with Crippen molar-refractivity contribution in [3.8, 4) is 5.88 Å². The molecule has 2 aromatic heterocycles. The van der Waals surface area contributed by atoms with Gasteiger partial charge in [-0.1, -0.05) is 5.16 Å². The summed E-state index contributed by atoms with van der Waals surface area (Å²) in [7, 11) is 0.584. The van der Waals surface area contributed by atoms with Gasteiger partial charge in [0.05, 0.1) is 22.3 Å². The molecule has 4 rings (SSSR count). The topological polar surface area (TPSA) is 117 Å². The van der Waals surface area contributed by atoms with E-state index in [4.69, 9.17) is 19.7 Å². The Hall–Kier alpha value is -2.04. The van der Waals surface area contributed by atoms with Crippen molar-refractivity contribution in [3.63, 3.8) is 0 Å². The largest absolute Gasteiger partial charge is 0.478 e. The van der Waals surface area contributed by atoms with E-state index in [1.54, 1.807) is 31.7 Å². The van der Waals surface area contributed by atoms with E-state index in [-0.39, 0.29) is 5.54 Å². The van der Waals surface area contributed by atoms with Crippen LogP contribution in [0.4, 0.5) is 6.01 Å². The SMILES string of the molecule is COCc1noc(N2CCC(C3CC3(N)CCOc3ccc(S(C)=O)cn3)CC2)n1. The fourth-order valence-corrected chi connectivity index (χ4v) is 4.76. The lowest BCUT2D eigenvalue weighted by atomic mass is 9.89. The molecule has 1 aliphatic carbocycles. The van der Waals surface area contributed by atoms with Gasteiger partial charge in [0.25, 0.3) is 0 Å². The summed E-state index contributed by atoms with van der Waals surface area (Å²) >= 11 is 0. The average Bonchev–Trinajstić information content (AvgIpc) is 3.19. The minimum absolute atomic E-state index is 0.145. The Morgan fingerprint density at radius 2 is 2.17 bits per heavy atom. The zero-order chi connectivity index (χ0) is 21.1. The second-order valence-electron chi connectivity index (χ2n) is 8.18. The number of anilines is 1. The predicted octanol–water partition coefficient (Wildman–Crippen LogP) is 1.75. The first-order valence-corrected chi connectivity index (χ1v) is 11.8. The molecule has 1 saturated heterocycles. The molecule has 30 heavy (non-hydrogen) atoms. The normalized spacial score (nSPS) is 25.3.